The summed E-state index contributed by atoms with van der Waals surface area (Å²) < 4.78 is 49.0. The summed E-state index contributed by atoms with van der Waals surface area (Å²) in [6.07, 6.45) is -3.66. The molecule has 0 saturated carbocycles. The van der Waals surface area contributed by atoms with E-state index in [-0.39, 0.29) is 28.1 Å². The number of benzene rings is 3. The smallest absolute Gasteiger partial charge is 0.416 e. The Hall–Kier alpha value is -4.74. The third kappa shape index (κ3) is 6.41. The molecule has 12 heteroatoms. The minimum atomic E-state index is -4.66. The van der Waals surface area contributed by atoms with E-state index < -0.39 is 28.5 Å². The van der Waals surface area contributed by atoms with E-state index in [4.69, 9.17) is 9.47 Å². The molecule has 3 aromatic rings. The van der Waals surface area contributed by atoms with Crippen LogP contribution in [-0.4, -0.2) is 30.1 Å². The predicted molar refractivity (Wildman–Crippen MR) is 118 cm³/mol. The average Bonchev–Trinajstić information content (AvgIpc) is 2.84. The summed E-state index contributed by atoms with van der Waals surface area (Å²) in [5, 5.41) is 14.9. The highest BCUT2D eigenvalue weighted by molar-refractivity contribution is 5.96. The molecule has 0 atom stereocenters. The van der Waals surface area contributed by atoms with Crippen LogP contribution in [0, 0.1) is 10.1 Å². The Morgan fingerprint density at radius 1 is 1.03 bits per heavy atom. The van der Waals surface area contributed by atoms with Crippen LogP contribution in [0.1, 0.15) is 31.8 Å². The van der Waals surface area contributed by atoms with Crippen LogP contribution in [-0.2, 0) is 6.18 Å². The summed E-state index contributed by atoms with van der Waals surface area (Å²) in [4.78, 5) is 35.1. The fourth-order valence-corrected chi connectivity index (χ4v) is 2.79. The highest BCUT2D eigenvalue weighted by Crippen LogP contribution is 2.30. The lowest BCUT2D eigenvalue weighted by atomic mass is 10.1. The Bertz CT molecular complexity index is 1290. The molecule has 3 aromatic carbocycles. The minimum absolute atomic E-state index is 0.0745. The first-order valence-electron chi connectivity index (χ1n) is 9.74. The summed E-state index contributed by atoms with van der Waals surface area (Å²) in [7, 11) is 1.47. The average molecular weight is 487 g/mol. The van der Waals surface area contributed by atoms with Gasteiger partial charge in [0.15, 0.2) is 0 Å². The van der Waals surface area contributed by atoms with Gasteiger partial charge < -0.3 is 9.47 Å². The molecule has 0 aliphatic carbocycles. The summed E-state index contributed by atoms with van der Waals surface area (Å²) in [6.45, 7) is 0. The first-order valence-corrected chi connectivity index (χ1v) is 9.74. The van der Waals surface area contributed by atoms with E-state index in [0.29, 0.717) is 11.8 Å². The van der Waals surface area contributed by atoms with Crippen LogP contribution in [0.5, 0.6) is 11.5 Å². The maximum atomic E-state index is 12.9. The van der Waals surface area contributed by atoms with E-state index in [2.05, 4.69) is 10.5 Å². The molecule has 0 saturated heterocycles. The summed E-state index contributed by atoms with van der Waals surface area (Å²) in [5.74, 6) is -1.41. The Morgan fingerprint density at radius 3 is 2.37 bits per heavy atom. The van der Waals surface area contributed by atoms with Gasteiger partial charge in [0.1, 0.15) is 11.5 Å². The van der Waals surface area contributed by atoms with Crippen molar-refractivity contribution in [3.63, 3.8) is 0 Å². The van der Waals surface area contributed by atoms with Crippen molar-refractivity contribution in [3.05, 3.63) is 99.1 Å². The van der Waals surface area contributed by atoms with Crippen LogP contribution in [0.15, 0.2) is 71.8 Å². The topological polar surface area (TPSA) is 120 Å². The van der Waals surface area contributed by atoms with Gasteiger partial charge in [-0.25, -0.2) is 10.2 Å². The van der Waals surface area contributed by atoms with Crippen LogP contribution in [0.2, 0.25) is 0 Å². The third-order valence-electron chi connectivity index (χ3n) is 4.55. The summed E-state index contributed by atoms with van der Waals surface area (Å²) in [5.41, 5.74) is 0.606. The lowest BCUT2D eigenvalue weighted by Gasteiger charge is -2.10. The van der Waals surface area contributed by atoms with Gasteiger partial charge >= 0.3 is 12.1 Å². The van der Waals surface area contributed by atoms with Crippen LogP contribution >= 0.6 is 0 Å². The van der Waals surface area contributed by atoms with Crippen molar-refractivity contribution in [1.82, 2.24) is 5.43 Å². The zero-order valence-corrected chi connectivity index (χ0v) is 17.9. The number of amides is 1. The number of nitro benzene ring substituents is 1. The van der Waals surface area contributed by atoms with Crippen LogP contribution < -0.4 is 14.9 Å². The number of hydrazone groups is 1. The second-order valence-corrected chi connectivity index (χ2v) is 6.87. The van der Waals surface area contributed by atoms with Gasteiger partial charge in [-0.3, -0.25) is 14.9 Å². The van der Waals surface area contributed by atoms with Gasteiger partial charge in [-0.05, 0) is 48.5 Å². The molecule has 0 heterocycles. The van der Waals surface area contributed by atoms with Gasteiger partial charge in [0.25, 0.3) is 11.6 Å². The molecular weight excluding hydrogens is 471 g/mol. The molecular formula is C23H16F3N3O6. The number of carbonyl (C=O) groups excluding carboxylic acids is 2. The predicted octanol–water partition coefficient (Wildman–Crippen LogP) is 4.61. The Balaban J connectivity index is 1.82. The van der Waals surface area contributed by atoms with Crippen molar-refractivity contribution in [1.29, 1.82) is 0 Å². The molecule has 0 radical (unpaired) electrons. The molecule has 0 spiro atoms. The number of non-ortho nitro benzene ring substituents is 1. The first kappa shape index (κ1) is 24.9. The lowest BCUT2D eigenvalue weighted by Crippen LogP contribution is -2.17. The standard InChI is InChI=1S/C23H16F3N3O6/c1-34-19-8-5-14(6-9-19)21(30)28-27-13-16-12-18(29(32)33)7-10-20(16)35-22(31)15-3-2-4-17(11-15)23(24,25)26/h2-13H,1H3,(H,28,30)/b27-13+. The van der Waals surface area contributed by atoms with E-state index in [1.54, 1.807) is 12.1 Å². The molecule has 3 rings (SSSR count). The molecule has 1 N–H and O–H groups in total. The number of methoxy groups -OCH3 is 1. The Morgan fingerprint density at radius 2 is 1.74 bits per heavy atom. The number of esters is 1. The monoisotopic (exact) mass is 487 g/mol. The molecule has 1 amide bonds. The lowest BCUT2D eigenvalue weighted by molar-refractivity contribution is -0.384. The number of nitro groups is 1. The zero-order valence-electron chi connectivity index (χ0n) is 17.9. The number of alkyl halides is 3. The number of hydrogen-bond donors (Lipinski definition) is 1. The van der Waals surface area contributed by atoms with Crippen molar-refractivity contribution in [3.8, 4) is 11.5 Å². The van der Waals surface area contributed by atoms with Crippen molar-refractivity contribution in [2.24, 2.45) is 5.10 Å². The number of nitrogens with zero attached hydrogens (tertiary/aromatic N) is 2. The number of ether oxygens (including phenoxy) is 2. The number of rotatable bonds is 7. The molecule has 0 bridgehead atoms. The number of halogens is 3. The quantitative estimate of drug-likeness (QED) is 0.171. The van der Waals surface area contributed by atoms with Crippen molar-refractivity contribution in [2.45, 2.75) is 6.18 Å². The fourth-order valence-electron chi connectivity index (χ4n) is 2.79. The second kappa shape index (κ2) is 10.5. The Labute approximate surface area is 195 Å². The van der Waals surface area contributed by atoms with Gasteiger partial charge in [0.05, 0.1) is 29.4 Å². The van der Waals surface area contributed by atoms with Gasteiger partial charge in [-0.2, -0.15) is 18.3 Å². The molecule has 35 heavy (non-hydrogen) atoms. The van der Waals surface area contributed by atoms with Gasteiger partial charge in [0, 0.05) is 23.3 Å². The maximum absolute atomic E-state index is 12.9. The van der Waals surface area contributed by atoms with Crippen LogP contribution in [0.25, 0.3) is 0 Å². The number of carbonyl (C=O) groups is 2. The minimum Gasteiger partial charge on any atom is -0.497 e. The van der Waals surface area contributed by atoms with E-state index >= 15 is 0 Å². The van der Waals surface area contributed by atoms with E-state index in [1.165, 1.54) is 19.2 Å². The molecule has 0 unspecified atom stereocenters. The first-order chi connectivity index (χ1) is 16.6. The molecule has 9 nitrogen and oxygen atoms in total. The zero-order chi connectivity index (χ0) is 25.6. The molecule has 0 aliphatic rings. The highest BCUT2D eigenvalue weighted by Gasteiger charge is 2.31. The molecule has 0 aliphatic heterocycles. The van der Waals surface area contributed by atoms with Gasteiger partial charge in [-0.15, -0.1) is 0 Å². The normalized spacial score (nSPS) is 11.2. The summed E-state index contributed by atoms with van der Waals surface area (Å²) in [6, 6.07) is 12.9. The van der Waals surface area contributed by atoms with Crippen molar-refractivity contribution in [2.75, 3.05) is 7.11 Å². The number of nitrogens with one attached hydrogen (secondary N) is 1. The van der Waals surface area contributed by atoms with Gasteiger partial charge in [0.2, 0.25) is 0 Å². The fraction of sp³-hybridized carbons (Fsp3) is 0.0870. The summed E-state index contributed by atoms with van der Waals surface area (Å²) >= 11 is 0. The molecule has 0 aromatic heterocycles. The molecule has 0 fully saturated rings. The van der Waals surface area contributed by atoms with Gasteiger partial charge in [-0.1, -0.05) is 6.07 Å². The highest BCUT2D eigenvalue weighted by atomic mass is 19.4. The SMILES string of the molecule is COc1ccc(C(=O)N/N=C/c2cc([N+](=O)[O-])ccc2OC(=O)c2cccc(C(F)(F)F)c2)cc1. The maximum Gasteiger partial charge on any atom is 0.416 e. The van der Waals surface area contributed by atoms with Crippen LogP contribution in [0.3, 0.4) is 0 Å². The van der Waals surface area contributed by atoms with Crippen LogP contribution in [0.4, 0.5) is 18.9 Å². The van der Waals surface area contributed by atoms with Crippen molar-refractivity contribution < 1.29 is 37.2 Å². The molecule has 180 valence electrons. The van der Waals surface area contributed by atoms with E-state index in [9.17, 15) is 32.9 Å². The second-order valence-electron chi connectivity index (χ2n) is 6.87. The van der Waals surface area contributed by atoms with Crippen molar-refractivity contribution >= 4 is 23.8 Å². The number of hydrogen-bond acceptors (Lipinski definition) is 7. The Kier molecular flexibility index (Phi) is 7.44. The van der Waals surface area contributed by atoms with E-state index in [0.717, 1.165) is 42.6 Å². The van der Waals surface area contributed by atoms with E-state index in [1.807, 2.05) is 0 Å². The third-order valence-corrected chi connectivity index (χ3v) is 4.55. The largest absolute Gasteiger partial charge is 0.497 e.